The van der Waals surface area contributed by atoms with Crippen LogP contribution in [0.3, 0.4) is 0 Å². The van der Waals surface area contributed by atoms with Crippen LogP contribution >= 0.6 is 0 Å². The van der Waals surface area contributed by atoms with Crippen molar-refractivity contribution < 1.29 is 9.53 Å². The number of carbonyl (C=O) groups excluding carboxylic acids is 1. The highest BCUT2D eigenvalue weighted by Gasteiger charge is 2.43. The summed E-state index contributed by atoms with van der Waals surface area (Å²) in [4.78, 5) is 13.9. The molecule has 2 saturated heterocycles. The van der Waals surface area contributed by atoms with Crippen molar-refractivity contribution in [2.24, 2.45) is 0 Å². The van der Waals surface area contributed by atoms with Crippen molar-refractivity contribution in [3.8, 4) is 0 Å². The van der Waals surface area contributed by atoms with Crippen LogP contribution < -0.4 is 0 Å². The summed E-state index contributed by atoms with van der Waals surface area (Å²) in [5.74, 6) is 0.188. The zero-order valence-electron chi connectivity index (χ0n) is 8.32. The zero-order chi connectivity index (χ0) is 9.42. The van der Waals surface area contributed by atoms with Crippen LogP contribution in [0, 0.1) is 0 Å². The van der Waals surface area contributed by atoms with E-state index in [1.54, 1.807) is 7.11 Å². The molecule has 0 spiro atoms. The molecule has 1 unspecified atom stereocenters. The van der Waals surface area contributed by atoms with Gasteiger partial charge in [-0.05, 0) is 32.6 Å². The summed E-state index contributed by atoms with van der Waals surface area (Å²) in [5, 5.41) is 0. The summed E-state index contributed by atoms with van der Waals surface area (Å²) in [6, 6.07) is 1.05. The lowest BCUT2D eigenvalue weighted by atomic mass is 10.0. The molecule has 0 N–H and O–H groups in total. The minimum absolute atomic E-state index is 0.188. The molecule has 2 aliphatic rings. The van der Waals surface area contributed by atoms with E-state index in [0.29, 0.717) is 12.1 Å². The standard InChI is InChI=1S/C10H17NO2/c1-7(13-2)10(12)11-8-3-4-9(11)6-5-8/h7-9H,3-6H2,1-2H3. The predicted molar refractivity (Wildman–Crippen MR) is 49.4 cm³/mol. The zero-order valence-corrected chi connectivity index (χ0v) is 8.32. The maximum Gasteiger partial charge on any atom is 0.251 e. The molecule has 0 aliphatic carbocycles. The van der Waals surface area contributed by atoms with Crippen molar-refractivity contribution in [3.05, 3.63) is 0 Å². The Kier molecular flexibility index (Phi) is 2.28. The molecular weight excluding hydrogens is 166 g/mol. The van der Waals surface area contributed by atoms with Crippen LogP contribution in [0.2, 0.25) is 0 Å². The average molecular weight is 183 g/mol. The highest BCUT2D eigenvalue weighted by atomic mass is 16.5. The summed E-state index contributed by atoms with van der Waals surface area (Å²) in [6.45, 7) is 1.83. The first kappa shape index (κ1) is 9.00. The van der Waals surface area contributed by atoms with Gasteiger partial charge in [-0.2, -0.15) is 0 Å². The van der Waals surface area contributed by atoms with Crippen LogP contribution in [0.5, 0.6) is 0 Å². The SMILES string of the molecule is COC(C)C(=O)N1C2CCC1CC2. The fourth-order valence-corrected chi connectivity index (χ4v) is 2.58. The number of nitrogens with zero attached hydrogens (tertiary/aromatic N) is 1. The van der Waals surface area contributed by atoms with E-state index in [0.717, 1.165) is 0 Å². The maximum absolute atomic E-state index is 11.8. The summed E-state index contributed by atoms with van der Waals surface area (Å²) in [5.41, 5.74) is 0. The first-order chi connectivity index (χ1) is 6.24. The molecule has 3 heteroatoms. The Hall–Kier alpha value is -0.570. The second kappa shape index (κ2) is 3.29. The second-order valence-corrected chi connectivity index (χ2v) is 4.09. The fraction of sp³-hybridized carbons (Fsp3) is 0.900. The van der Waals surface area contributed by atoms with Crippen LogP contribution in [0.4, 0.5) is 0 Å². The Balaban J connectivity index is 2.05. The molecule has 1 amide bonds. The molecule has 0 aromatic carbocycles. The molecule has 2 bridgehead atoms. The van der Waals surface area contributed by atoms with Crippen LogP contribution in [-0.4, -0.2) is 36.1 Å². The quantitative estimate of drug-likeness (QED) is 0.643. The Morgan fingerprint density at radius 1 is 1.31 bits per heavy atom. The van der Waals surface area contributed by atoms with Crippen molar-refractivity contribution in [2.45, 2.75) is 50.8 Å². The molecule has 0 saturated carbocycles. The van der Waals surface area contributed by atoms with Gasteiger partial charge in [-0.25, -0.2) is 0 Å². The van der Waals surface area contributed by atoms with Gasteiger partial charge in [0.2, 0.25) is 0 Å². The van der Waals surface area contributed by atoms with Gasteiger partial charge in [0.05, 0.1) is 0 Å². The molecule has 0 radical (unpaired) electrons. The number of amides is 1. The van der Waals surface area contributed by atoms with Gasteiger partial charge >= 0.3 is 0 Å². The van der Waals surface area contributed by atoms with Gasteiger partial charge in [-0.3, -0.25) is 4.79 Å². The molecule has 2 aliphatic heterocycles. The van der Waals surface area contributed by atoms with Gasteiger partial charge in [0.1, 0.15) is 6.10 Å². The van der Waals surface area contributed by atoms with E-state index in [9.17, 15) is 4.79 Å². The van der Waals surface area contributed by atoms with Gasteiger partial charge in [0, 0.05) is 19.2 Å². The molecular formula is C10H17NO2. The number of rotatable bonds is 2. The molecule has 74 valence electrons. The maximum atomic E-state index is 11.8. The van der Waals surface area contributed by atoms with Gasteiger partial charge in [-0.15, -0.1) is 0 Å². The van der Waals surface area contributed by atoms with E-state index in [1.165, 1.54) is 25.7 Å². The van der Waals surface area contributed by atoms with Gasteiger partial charge < -0.3 is 9.64 Å². The lowest BCUT2D eigenvalue weighted by Crippen LogP contribution is -2.41. The fourth-order valence-electron chi connectivity index (χ4n) is 2.58. The number of hydrogen-bond acceptors (Lipinski definition) is 2. The van der Waals surface area contributed by atoms with Crippen LogP contribution in [-0.2, 0) is 9.53 Å². The summed E-state index contributed by atoms with van der Waals surface area (Å²) >= 11 is 0. The van der Waals surface area contributed by atoms with Crippen molar-refractivity contribution in [1.29, 1.82) is 0 Å². The van der Waals surface area contributed by atoms with Crippen molar-refractivity contribution in [2.75, 3.05) is 7.11 Å². The number of hydrogen-bond donors (Lipinski definition) is 0. The van der Waals surface area contributed by atoms with E-state index < -0.39 is 0 Å². The van der Waals surface area contributed by atoms with Crippen LogP contribution in [0.1, 0.15) is 32.6 Å². The lowest BCUT2D eigenvalue weighted by Gasteiger charge is -2.24. The minimum Gasteiger partial charge on any atom is -0.372 e. The van der Waals surface area contributed by atoms with Gasteiger partial charge in [0.25, 0.3) is 5.91 Å². The Bertz CT molecular complexity index is 197. The lowest BCUT2D eigenvalue weighted by molar-refractivity contribution is -0.142. The third-order valence-electron chi connectivity index (χ3n) is 3.41. The molecule has 2 rings (SSSR count). The summed E-state index contributed by atoms with van der Waals surface area (Å²) in [6.07, 6.45) is 4.54. The monoisotopic (exact) mass is 183 g/mol. The number of methoxy groups -OCH3 is 1. The van der Waals surface area contributed by atoms with E-state index in [2.05, 4.69) is 4.90 Å². The highest BCUT2D eigenvalue weighted by molar-refractivity contribution is 5.81. The third kappa shape index (κ3) is 1.35. The topological polar surface area (TPSA) is 29.5 Å². The molecule has 0 aromatic rings. The predicted octanol–water partition coefficient (Wildman–Crippen LogP) is 1.17. The normalized spacial score (nSPS) is 33.8. The van der Waals surface area contributed by atoms with Crippen molar-refractivity contribution in [1.82, 2.24) is 4.90 Å². The van der Waals surface area contributed by atoms with E-state index >= 15 is 0 Å². The van der Waals surface area contributed by atoms with Crippen LogP contribution in [0.25, 0.3) is 0 Å². The molecule has 1 atom stereocenters. The molecule has 13 heavy (non-hydrogen) atoms. The van der Waals surface area contributed by atoms with E-state index in [-0.39, 0.29) is 12.0 Å². The highest BCUT2D eigenvalue weighted by Crippen LogP contribution is 2.37. The first-order valence-corrected chi connectivity index (χ1v) is 5.09. The second-order valence-electron chi connectivity index (χ2n) is 4.09. The number of fused-ring (bicyclic) bond motifs is 2. The minimum atomic E-state index is -0.263. The summed E-state index contributed by atoms with van der Waals surface area (Å²) < 4.78 is 5.06. The Labute approximate surface area is 79.0 Å². The Morgan fingerprint density at radius 3 is 2.15 bits per heavy atom. The molecule has 0 aromatic heterocycles. The largest absolute Gasteiger partial charge is 0.372 e. The molecule has 2 heterocycles. The first-order valence-electron chi connectivity index (χ1n) is 5.09. The smallest absolute Gasteiger partial charge is 0.251 e. The number of carbonyl (C=O) groups is 1. The molecule has 2 fully saturated rings. The van der Waals surface area contributed by atoms with E-state index in [1.807, 2.05) is 6.92 Å². The third-order valence-corrected chi connectivity index (χ3v) is 3.41. The van der Waals surface area contributed by atoms with Crippen molar-refractivity contribution in [3.63, 3.8) is 0 Å². The van der Waals surface area contributed by atoms with Gasteiger partial charge in [-0.1, -0.05) is 0 Å². The Morgan fingerprint density at radius 2 is 1.77 bits per heavy atom. The van der Waals surface area contributed by atoms with E-state index in [4.69, 9.17) is 4.74 Å². The van der Waals surface area contributed by atoms with Crippen molar-refractivity contribution >= 4 is 5.91 Å². The average Bonchev–Trinajstić information content (AvgIpc) is 2.74. The van der Waals surface area contributed by atoms with Crippen LogP contribution in [0.15, 0.2) is 0 Å². The molecule has 3 nitrogen and oxygen atoms in total. The summed E-state index contributed by atoms with van der Waals surface area (Å²) in [7, 11) is 1.60. The number of ether oxygens (including phenoxy) is 1. The van der Waals surface area contributed by atoms with Gasteiger partial charge in [0.15, 0.2) is 0 Å².